The van der Waals surface area contributed by atoms with E-state index in [9.17, 15) is 0 Å². The molecule has 0 heterocycles. The van der Waals surface area contributed by atoms with Crippen LogP contribution in [0.5, 0.6) is 0 Å². The van der Waals surface area contributed by atoms with Crippen molar-refractivity contribution in [1.82, 2.24) is 0 Å². The van der Waals surface area contributed by atoms with Crippen LogP contribution < -0.4 is 0 Å². The highest BCUT2D eigenvalue weighted by Gasteiger charge is 1.89. The van der Waals surface area contributed by atoms with Crippen molar-refractivity contribution in [2.45, 2.75) is 19.8 Å². The minimum absolute atomic E-state index is 0.680. The number of nitriles is 1. The second kappa shape index (κ2) is 6.67. The standard InChI is InChI=1S/C13H15NO/c1-2-3-9-15-10-8-12-4-6-13(11-14)7-5-12/h4-8,10H,2-3,9H2,1H3/b10-8-. The number of nitrogens with zero attached hydrogens (tertiary/aromatic N) is 1. The van der Waals surface area contributed by atoms with Gasteiger partial charge in [-0.05, 0) is 30.2 Å². The van der Waals surface area contributed by atoms with E-state index >= 15 is 0 Å². The summed E-state index contributed by atoms with van der Waals surface area (Å²) >= 11 is 0. The SMILES string of the molecule is CCCCO/C=C\c1ccc(C#N)cc1. The van der Waals surface area contributed by atoms with Gasteiger partial charge in [0.25, 0.3) is 0 Å². The average molecular weight is 201 g/mol. The maximum atomic E-state index is 8.61. The summed E-state index contributed by atoms with van der Waals surface area (Å²) in [6.45, 7) is 2.90. The molecule has 1 aromatic carbocycles. The van der Waals surface area contributed by atoms with Gasteiger partial charge in [-0.15, -0.1) is 0 Å². The first-order valence-corrected chi connectivity index (χ1v) is 5.15. The van der Waals surface area contributed by atoms with E-state index in [1.807, 2.05) is 18.2 Å². The Morgan fingerprint density at radius 2 is 2.07 bits per heavy atom. The van der Waals surface area contributed by atoms with Crippen LogP contribution >= 0.6 is 0 Å². The van der Waals surface area contributed by atoms with Crippen LogP contribution in [0.2, 0.25) is 0 Å². The third-order valence-corrected chi connectivity index (χ3v) is 2.01. The fourth-order valence-corrected chi connectivity index (χ4v) is 1.09. The highest BCUT2D eigenvalue weighted by molar-refractivity contribution is 5.49. The van der Waals surface area contributed by atoms with Crippen LogP contribution in [0.25, 0.3) is 6.08 Å². The van der Waals surface area contributed by atoms with E-state index in [0.29, 0.717) is 5.56 Å². The molecule has 0 aliphatic carbocycles. The molecule has 0 aliphatic rings. The molecule has 0 unspecified atom stereocenters. The predicted molar refractivity (Wildman–Crippen MR) is 61.1 cm³/mol. The second-order valence-electron chi connectivity index (χ2n) is 3.26. The van der Waals surface area contributed by atoms with E-state index in [1.54, 1.807) is 18.4 Å². The number of benzene rings is 1. The zero-order valence-corrected chi connectivity index (χ0v) is 8.94. The maximum Gasteiger partial charge on any atom is 0.0991 e. The predicted octanol–water partition coefficient (Wildman–Crippen LogP) is 3.35. The first kappa shape index (κ1) is 11.3. The smallest absolute Gasteiger partial charge is 0.0991 e. The Morgan fingerprint density at radius 1 is 1.33 bits per heavy atom. The number of ether oxygens (including phenoxy) is 1. The summed E-state index contributed by atoms with van der Waals surface area (Å²) < 4.78 is 5.29. The molecule has 1 rings (SSSR count). The van der Waals surface area contributed by atoms with Gasteiger partial charge in [-0.25, -0.2) is 0 Å². The lowest BCUT2D eigenvalue weighted by Gasteiger charge is -1.97. The molecular formula is C13H15NO. The molecule has 78 valence electrons. The van der Waals surface area contributed by atoms with E-state index in [4.69, 9.17) is 10.00 Å². The Hall–Kier alpha value is -1.75. The van der Waals surface area contributed by atoms with Crippen LogP contribution in [-0.2, 0) is 4.74 Å². The Bertz CT molecular complexity index is 346. The van der Waals surface area contributed by atoms with E-state index in [0.717, 1.165) is 25.0 Å². The molecule has 1 aromatic rings. The fourth-order valence-electron chi connectivity index (χ4n) is 1.09. The molecule has 2 heteroatoms. The van der Waals surface area contributed by atoms with Gasteiger partial charge in [0.05, 0.1) is 24.5 Å². The van der Waals surface area contributed by atoms with Crippen molar-refractivity contribution in [3.63, 3.8) is 0 Å². The molecule has 0 bridgehead atoms. The van der Waals surface area contributed by atoms with Gasteiger partial charge in [-0.3, -0.25) is 0 Å². The molecule has 0 saturated heterocycles. The van der Waals surface area contributed by atoms with Gasteiger partial charge in [-0.2, -0.15) is 5.26 Å². The Labute approximate surface area is 90.8 Å². The van der Waals surface area contributed by atoms with E-state index in [-0.39, 0.29) is 0 Å². The first-order chi connectivity index (χ1) is 7.36. The zero-order valence-electron chi connectivity index (χ0n) is 8.94. The number of rotatable bonds is 5. The summed E-state index contributed by atoms with van der Waals surface area (Å²) in [6, 6.07) is 9.48. The lowest BCUT2D eigenvalue weighted by atomic mass is 10.1. The van der Waals surface area contributed by atoms with E-state index in [2.05, 4.69) is 13.0 Å². The van der Waals surface area contributed by atoms with Crippen LogP contribution in [-0.4, -0.2) is 6.61 Å². The summed E-state index contributed by atoms with van der Waals surface area (Å²) in [4.78, 5) is 0. The van der Waals surface area contributed by atoms with Crippen molar-refractivity contribution in [2.75, 3.05) is 6.61 Å². The Balaban J connectivity index is 2.40. The van der Waals surface area contributed by atoms with Crippen molar-refractivity contribution in [2.24, 2.45) is 0 Å². The molecule has 0 aromatic heterocycles. The van der Waals surface area contributed by atoms with Crippen LogP contribution in [0.4, 0.5) is 0 Å². The molecule has 2 nitrogen and oxygen atoms in total. The van der Waals surface area contributed by atoms with Gasteiger partial charge in [-0.1, -0.05) is 25.5 Å². The van der Waals surface area contributed by atoms with Gasteiger partial charge in [0.15, 0.2) is 0 Å². The Kier molecular flexibility index (Phi) is 5.03. The quantitative estimate of drug-likeness (QED) is 0.540. The van der Waals surface area contributed by atoms with Crippen LogP contribution in [0.15, 0.2) is 30.5 Å². The summed E-state index contributed by atoms with van der Waals surface area (Å²) in [6.07, 6.45) is 5.83. The molecule has 0 radical (unpaired) electrons. The third kappa shape index (κ3) is 4.33. The van der Waals surface area contributed by atoms with Crippen molar-refractivity contribution < 1.29 is 4.74 Å². The van der Waals surface area contributed by atoms with Crippen molar-refractivity contribution >= 4 is 6.08 Å². The number of hydrogen-bond donors (Lipinski definition) is 0. The number of hydrogen-bond acceptors (Lipinski definition) is 2. The zero-order chi connectivity index (χ0) is 10.9. The van der Waals surface area contributed by atoms with Crippen LogP contribution in [0.1, 0.15) is 30.9 Å². The van der Waals surface area contributed by atoms with Crippen molar-refractivity contribution in [3.05, 3.63) is 41.7 Å². The summed E-state index contributed by atoms with van der Waals surface area (Å²) in [5, 5.41) is 8.61. The average Bonchev–Trinajstić information content (AvgIpc) is 2.30. The normalized spacial score (nSPS) is 10.1. The highest BCUT2D eigenvalue weighted by atomic mass is 16.5. The highest BCUT2D eigenvalue weighted by Crippen LogP contribution is 2.05. The molecule has 0 atom stereocenters. The molecule has 15 heavy (non-hydrogen) atoms. The van der Waals surface area contributed by atoms with Crippen LogP contribution in [0.3, 0.4) is 0 Å². The minimum atomic E-state index is 0.680. The van der Waals surface area contributed by atoms with Crippen molar-refractivity contribution in [3.8, 4) is 6.07 Å². The molecule has 0 fully saturated rings. The van der Waals surface area contributed by atoms with Gasteiger partial charge in [0.1, 0.15) is 0 Å². The molecular weight excluding hydrogens is 186 g/mol. The van der Waals surface area contributed by atoms with Crippen molar-refractivity contribution in [1.29, 1.82) is 5.26 Å². The summed E-state index contributed by atoms with van der Waals surface area (Å²) in [7, 11) is 0. The lowest BCUT2D eigenvalue weighted by molar-refractivity contribution is 0.246. The largest absolute Gasteiger partial charge is 0.501 e. The topological polar surface area (TPSA) is 33.0 Å². The molecule has 0 aliphatic heterocycles. The number of unbranched alkanes of at least 4 members (excludes halogenated alkanes) is 1. The van der Waals surface area contributed by atoms with E-state index in [1.165, 1.54) is 0 Å². The Morgan fingerprint density at radius 3 is 2.67 bits per heavy atom. The molecule has 0 N–H and O–H groups in total. The molecule has 0 amide bonds. The van der Waals surface area contributed by atoms with Gasteiger partial charge in [0.2, 0.25) is 0 Å². The lowest BCUT2D eigenvalue weighted by Crippen LogP contribution is -1.84. The fraction of sp³-hybridized carbons (Fsp3) is 0.308. The van der Waals surface area contributed by atoms with E-state index < -0.39 is 0 Å². The monoisotopic (exact) mass is 201 g/mol. The first-order valence-electron chi connectivity index (χ1n) is 5.15. The summed E-state index contributed by atoms with van der Waals surface area (Å²) in [5.74, 6) is 0. The van der Waals surface area contributed by atoms with Gasteiger partial charge >= 0.3 is 0 Å². The maximum absolute atomic E-state index is 8.61. The van der Waals surface area contributed by atoms with Gasteiger partial charge < -0.3 is 4.74 Å². The summed E-state index contributed by atoms with van der Waals surface area (Å²) in [5.41, 5.74) is 1.73. The minimum Gasteiger partial charge on any atom is -0.501 e. The molecule has 0 saturated carbocycles. The second-order valence-corrected chi connectivity index (χ2v) is 3.26. The van der Waals surface area contributed by atoms with Crippen LogP contribution in [0, 0.1) is 11.3 Å². The van der Waals surface area contributed by atoms with Gasteiger partial charge in [0, 0.05) is 0 Å². The molecule has 0 spiro atoms. The third-order valence-electron chi connectivity index (χ3n) is 2.01.